The number of halogens is 2. The van der Waals surface area contributed by atoms with Crippen LogP contribution in [0.3, 0.4) is 0 Å². The summed E-state index contributed by atoms with van der Waals surface area (Å²) in [6.45, 7) is 33.3. The molecule has 4 aromatic carbocycles. The van der Waals surface area contributed by atoms with Crippen molar-refractivity contribution < 1.29 is 46.1 Å². The molecular weight excluding hydrogens is 799 g/mol. The largest absolute Gasteiger partial charge is 1.00 e. The standard InChI is InChI=1S/C31H37.C15H14.C7H9.2ClH.Zr/c1-28(2,3)26-16-30(7,8)24-12-18-11-19-13-25-23(15-21(19)20(18)14-22(24)26)27(29(4,5)6)17-31(25,9)10;1-12-3-7-14(8-4-12)11-15-9-5-13(2)6-10-15;1-6-3-4-7(2)5-6;;;/h11-17H,1-10H3;3-10H,1-2H3;3,5,7H,1-2H3;2*1H;/q;;;;;+2/p-2. The zero-order valence-corrected chi connectivity index (χ0v) is 40.1. The van der Waals surface area contributed by atoms with Gasteiger partial charge in [0.15, 0.2) is 0 Å². The van der Waals surface area contributed by atoms with Crippen LogP contribution in [0.15, 0.2) is 106 Å². The number of hydrogen-bond acceptors (Lipinski definition) is 0. The van der Waals surface area contributed by atoms with Gasteiger partial charge in [0.05, 0.1) is 0 Å². The predicted octanol–water partition coefficient (Wildman–Crippen LogP) is 8.19. The summed E-state index contributed by atoms with van der Waals surface area (Å²) >= 11 is -2.97. The molecule has 0 nitrogen and oxygen atoms in total. The number of rotatable bonds is 4. The average molecular weight is 859 g/mol. The van der Waals surface area contributed by atoms with Gasteiger partial charge < -0.3 is 24.8 Å². The minimum Gasteiger partial charge on any atom is -1.00 e. The minimum atomic E-state index is -2.97. The molecule has 4 aliphatic carbocycles. The van der Waals surface area contributed by atoms with Crippen molar-refractivity contribution in [2.45, 2.75) is 111 Å². The van der Waals surface area contributed by atoms with Crippen LogP contribution in [0.25, 0.3) is 22.3 Å². The molecule has 0 spiro atoms. The van der Waals surface area contributed by atoms with Gasteiger partial charge in [0.2, 0.25) is 0 Å². The maximum atomic E-state index is 2.71. The molecule has 8 rings (SSSR count). The van der Waals surface area contributed by atoms with E-state index in [-0.39, 0.29) is 46.5 Å². The van der Waals surface area contributed by atoms with Gasteiger partial charge in [-0.1, -0.05) is 0 Å². The zero-order chi connectivity index (χ0) is 38.9. The molecule has 0 bridgehead atoms. The molecule has 4 aliphatic rings. The molecule has 1 unspecified atom stereocenters. The van der Waals surface area contributed by atoms with Crippen molar-refractivity contribution >= 4 is 14.4 Å². The Morgan fingerprint density at radius 1 is 0.571 bits per heavy atom. The number of aryl methyl sites for hydroxylation is 2. The van der Waals surface area contributed by atoms with Gasteiger partial charge in [0.1, 0.15) is 0 Å². The van der Waals surface area contributed by atoms with Crippen molar-refractivity contribution in [1.82, 2.24) is 0 Å². The fourth-order valence-corrected chi connectivity index (χ4v) is 19.7. The topological polar surface area (TPSA) is 0 Å². The van der Waals surface area contributed by atoms with Crippen LogP contribution >= 0.6 is 0 Å². The van der Waals surface area contributed by atoms with Gasteiger partial charge in [0.25, 0.3) is 0 Å². The molecule has 0 radical (unpaired) electrons. The monoisotopic (exact) mass is 856 g/mol. The van der Waals surface area contributed by atoms with E-state index in [1.54, 1.807) is 17.6 Å². The van der Waals surface area contributed by atoms with Crippen LogP contribution in [0, 0.1) is 30.6 Å². The van der Waals surface area contributed by atoms with E-state index in [0.717, 1.165) is 0 Å². The van der Waals surface area contributed by atoms with E-state index in [0.29, 0.717) is 9.54 Å². The molecule has 0 fully saturated rings. The first kappa shape index (κ1) is 42.8. The van der Waals surface area contributed by atoms with Gasteiger partial charge in [-0.25, -0.2) is 0 Å². The Morgan fingerprint density at radius 3 is 1.30 bits per heavy atom. The summed E-state index contributed by atoms with van der Waals surface area (Å²) in [6.07, 6.45) is 10.3. The summed E-state index contributed by atoms with van der Waals surface area (Å²) < 4.78 is 3.70. The Labute approximate surface area is 358 Å². The molecule has 4 aromatic rings. The van der Waals surface area contributed by atoms with Crippen molar-refractivity contribution in [2.24, 2.45) is 16.7 Å². The van der Waals surface area contributed by atoms with Crippen LogP contribution in [0.2, 0.25) is 0 Å². The second kappa shape index (κ2) is 14.5. The summed E-state index contributed by atoms with van der Waals surface area (Å²) in [4.78, 5) is 0. The molecule has 0 N–H and O–H groups in total. The van der Waals surface area contributed by atoms with Crippen LogP contribution in [-0.4, -0.2) is 3.21 Å². The molecule has 290 valence electrons. The second-order valence-corrected chi connectivity index (χ2v) is 26.4. The Hall–Kier alpha value is -2.83. The molecule has 1 atom stereocenters. The average Bonchev–Trinajstić information content (AvgIpc) is 3.75. The first-order valence-corrected chi connectivity index (χ1v) is 24.2. The van der Waals surface area contributed by atoms with Crippen LogP contribution in [0.4, 0.5) is 0 Å². The van der Waals surface area contributed by atoms with Crippen LogP contribution in [0.5, 0.6) is 0 Å². The molecule has 0 saturated carbocycles. The second-order valence-electron chi connectivity index (χ2n) is 20.3. The van der Waals surface area contributed by atoms with Gasteiger partial charge in [-0.05, 0) is 0 Å². The van der Waals surface area contributed by atoms with Crippen LogP contribution < -0.4 is 24.8 Å². The third-order valence-corrected chi connectivity index (χ3v) is 21.5. The van der Waals surface area contributed by atoms with Gasteiger partial charge in [-0.2, -0.15) is 0 Å². The van der Waals surface area contributed by atoms with Crippen LogP contribution in [0.1, 0.15) is 142 Å². The summed E-state index contributed by atoms with van der Waals surface area (Å²) in [5.41, 5.74) is 21.9. The Kier molecular flexibility index (Phi) is 11.1. The van der Waals surface area contributed by atoms with E-state index in [4.69, 9.17) is 0 Å². The van der Waals surface area contributed by atoms with E-state index in [2.05, 4.69) is 194 Å². The minimum absolute atomic E-state index is 0. The van der Waals surface area contributed by atoms with E-state index in [1.165, 1.54) is 72.4 Å². The third-order valence-electron chi connectivity index (χ3n) is 12.8. The van der Waals surface area contributed by atoms with Crippen molar-refractivity contribution in [3.8, 4) is 11.1 Å². The fraction of sp³-hybridized carbons (Fsp3) is 0.377. The Balaban J connectivity index is 0.00000266. The first-order valence-electron chi connectivity index (χ1n) is 20.3. The molecule has 56 heavy (non-hydrogen) atoms. The van der Waals surface area contributed by atoms with Gasteiger partial charge in [0, 0.05) is 0 Å². The van der Waals surface area contributed by atoms with E-state index in [1.807, 2.05) is 0 Å². The molecular formula is C53H60Cl2Zr. The quantitative estimate of drug-likeness (QED) is 0.194. The number of benzene rings is 4. The van der Waals surface area contributed by atoms with Crippen molar-refractivity contribution in [1.29, 1.82) is 0 Å². The van der Waals surface area contributed by atoms with E-state index >= 15 is 0 Å². The number of allylic oxidation sites excluding steroid dienone is 8. The molecule has 0 amide bonds. The SMILES string of the molecule is CC1=CC(C)[C]([Zr+2](=[C](c2ccc(C)cc2)c2ccc(C)cc2)[CH]2c3cc4c(cc3-c3cc5c(cc32)C(C)(C)C=C5C(C)(C)C)C(C(C)(C)C)=CC4(C)C)=C1.[Cl-].[Cl-]. The van der Waals surface area contributed by atoms with Crippen LogP contribution in [-0.2, 0) is 32.1 Å². The molecule has 0 aromatic heterocycles. The number of hydrogen-bond donors (Lipinski definition) is 0. The van der Waals surface area contributed by atoms with Crippen molar-refractivity contribution in [2.75, 3.05) is 0 Å². The van der Waals surface area contributed by atoms with E-state index < -0.39 is 21.3 Å². The Bertz CT molecular complexity index is 2260. The fourth-order valence-electron chi connectivity index (χ4n) is 10.0. The molecule has 0 aliphatic heterocycles. The van der Waals surface area contributed by atoms with Gasteiger partial charge in [-0.15, -0.1) is 0 Å². The summed E-state index contributed by atoms with van der Waals surface area (Å²) in [6, 6.07) is 29.8. The normalized spacial score (nSPS) is 18.6. The number of fused-ring (bicyclic) bond motifs is 5. The summed E-state index contributed by atoms with van der Waals surface area (Å²) in [7, 11) is 0. The predicted molar refractivity (Wildman–Crippen MR) is 231 cm³/mol. The zero-order valence-electron chi connectivity index (χ0n) is 36.1. The maximum absolute atomic E-state index is 2.97. The molecule has 0 heterocycles. The molecule has 3 heteroatoms. The van der Waals surface area contributed by atoms with Crippen molar-refractivity contribution in [3.63, 3.8) is 0 Å². The first-order chi connectivity index (χ1) is 25.2. The van der Waals surface area contributed by atoms with Crippen molar-refractivity contribution in [3.05, 3.63) is 162 Å². The summed E-state index contributed by atoms with van der Waals surface area (Å²) in [5.74, 6) is 0.429. The van der Waals surface area contributed by atoms with Gasteiger partial charge >= 0.3 is 336 Å². The van der Waals surface area contributed by atoms with E-state index in [9.17, 15) is 0 Å². The summed E-state index contributed by atoms with van der Waals surface area (Å²) in [5, 5.41) is 0. The smallest absolute Gasteiger partial charge is 1.00 e. The third kappa shape index (κ3) is 7.05. The Morgan fingerprint density at radius 2 is 0.964 bits per heavy atom. The maximum Gasteiger partial charge on any atom is -1.00 e. The molecule has 0 saturated heterocycles. The van der Waals surface area contributed by atoms with Gasteiger partial charge in [-0.3, -0.25) is 0 Å².